The summed E-state index contributed by atoms with van der Waals surface area (Å²) in [5.41, 5.74) is 2.57. The molecule has 1 unspecified atom stereocenters. The highest BCUT2D eigenvalue weighted by Crippen LogP contribution is 2.30. The second-order valence-electron chi connectivity index (χ2n) is 6.72. The topological polar surface area (TPSA) is 77.3 Å². The van der Waals surface area contributed by atoms with E-state index in [9.17, 15) is 0 Å². The van der Waals surface area contributed by atoms with Crippen molar-refractivity contribution in [1.29, 1.82) is 0 Å². The SMILES string of the molecule is COc1ccccc1CNc1nc(N(C)C)nc2c1ncn2C1CCCO1. The summed E-state index contributed by atoms with van der Waals surface area (Å²) in [5.74, 6) is 2.17. The Kier molecular flexibility index (Phi) is 4.81. The first kappa shape index (κ1) is 17.5. The molecule has 3 heterocycles. The Bertz CT molecular complexity index is 933. The Balaban J connectivity index is 1.70. The van der Waals surface area contributed by atoms with Gasteiger partial charge in [0, 0.05) is 32.8 Å². The first-order chi connectivity index (χ1) is 13.2. The molecule has 0 aliphatic carbocycles. The van der Waals surface area contributed by atoms with Crippen LogP contribution in [0.2, 0.25) is 0 Å². The van der Waals surface area contributed by atoms with Crippen LogP contribution in [0, 0.1) is 0 Å². The number of fused-ring (bicyclic) bond motifs is 1. The van der Waals surface area contributed by atoms with Gasteiger partial charge in [0.25, 0.3) is 0 Å². The molecule has 4 rings (SSSR count). The number of methoxy groups -OCH3 is 1. The molecule has 0 radical (unpaired) electrons. The van der Waals surface area contributed by atoms with E-state index in [1.807, 2.05) is 47.8 Å². The zero-order valence-corrected chi connectivity index (χ0v) is 15.8. The van der Waals surface area contributed by atoms with E-state index in [0.717, 1.165) is 41.9 Å². The molecule has 8 heteroatoms. The van der Waals surface area contributed by atoms with Gasteiger partial charge in [0.15, 0.2) is 17.0 Å². The minimum Gasteiger partial charge on any atom is -0.496 e. The number of benzene rings is 1. The minimum atomic E-state index is -0.0121. The monoisotopic (exact) mass is 368 g/mol. The highest BCUT2D eigenvalue weighted by molar-refractivity contribution is 5.84. The summed E-state index contributed by atoms with van der Waals surface area (Å²) in [6, 6.07) is 7.93. The lowest BCUT2D eigenvalue weighted by Gasteiger charge is -2.16. The maximum atomic E-state index is 5.82. The fraction of sp³-hybridized carbons (Fsp3) is 0.421. The van der Waals surface area contributed by atoms with E-state index >= 15 is 0 Å². The zero-order valence-electron chi connectivity index (χ0n) is 15.8. The third-order valence-electron chi connectivity index (χ3n) is 4.66. The van der Waals surface area contributed by atoms with E-state index in [1.54, 1.807) is 13.4 Å². The van der Waals surface area contributed by atoms with Gasteiger partial charge in [-0.3, -0.25) is 4.57 Å². The summed E-state index contributed by atoms with van der Waals surface area (Å²) in [5, 5.41) is 3.40. The Morgan fingerprint density at radius 1 is 1.30 bits per heavy atom. The predicted octanol–water partition coefficient (Wildman–Crippen LogP) is 2.82. The molecule has 0 spiro atoms. The molecule has 1 saturated heterocycles. The largest absolute Gasteiger partial charge is 0.496 e. The Morgan fingerprint density at radius 2 is 2.15 bits per heavy atom. The van der Waals surface area contributed by atoms with Gasteiger partial charge >= 0.3 is 0 Å². The highest BCUT2D eigenvalue weighted by Gasteiger charge is 2.22. The second-order valence-corrected chi connectivity index (χ2v) is 6.72. The van der Waals surface area contributed by atoms with Gasteiger partial charge in [-0.25, -0.2) is 4.98 Å². The molecule has 0 amide bonds. The van der Waals surface area contributed by atoms with Crippen molar-refractivity contribution in [2.75, 3.05) is 38.0 Å². The second kappa shape index (κ2) is 7.40. The van der Waals surface area contributed by atoms with E-state index in [4.69, 9.17) is 14.5 Å². The van der Waals surface area contributed by atoms with Crippen LogP contribution in [0.15, 0.2) is 30.6 Å². The maximum absolute atomic E-state index is 5.82. The van der Waals surface area contributed by atoms with Crippen molar-refractivity contribution in [3.8, 4) is 5.75 Å². The number of aromatic nitrogens is 4. The summed E-state index contributed by atoms with van der Waals surface area (Å²) in [4.78, 5) is 15.8. The van der Waals surface area contributed by atoms with Gasteiger partial charge in [0.1, 0.15) is 12.0 Å². The number of rotatable bonds is 6. The molecule has 1 atom stereocenters. The first-order valence-corrected chi connectivity index (χ1v) is 9.06. The molecular weight excluding hydrogens is 344 g/mol. The van der Waals surface area contributed by atoms with Crippen LogP contribution in [0.3, 0.4) is 0 Å². The van der Waals surface area contributed by atoms with Crippen molar-refractivity contribution in [2.24, 2.45) is 0 Å². The van der Waals surface area contributed by atoms with Gasteiger partial charge in [-0.15, -0.1) is 0 Å². The number of anilines is 2. The van der Waals surface area contributed by atoms with Gasteiger partial charge in [0.2, 0.25) is 5.95 Å². The molecule has 1 aliphatic rings. The van der Waals surface area contributed by atoms with E-state index in [1.165, 1.54) is 0 Å². The Labute approximate surface area is 158 Å². The van der Waals surface area contributed by atoms with E-state index in [-0.39, 0.29) is 6.23 Å². The number of nitrogens with zero attached hydrogens (tertiary/aromatic N) is 5. The molecule has 1 N–H and O–H groups in total. The lowest BCUT2D eigenvalue weighted by Crippen LogP contribution is -2.16. The molecule has 0 saturated carbocycles. The van der Waals surface area contributed by atoms with Crippen molar-refractivity contribution >= 4 is 22.9 Å². The molecule has 0 bridgehead atoms. The van der Waals surface area contributed by atoms with Crippen LogP contribution in [0.5, 0.6) is 5.75 Å². The molecule has 1 aliphatic heterocycles. The van der Waals surface area contributed by atoms with Crippen LogP contribution in [-0.2, 0) is 11.3 Å². The smallest absolute Gasteiger partial charge is 0.228 e. The number of hydrogen-bond acceptors (Lipinski definition) is 7. The molecule has 27 heavy (non-hydrogen) atoms. The molecule has 8 nitrogen and oxygen atoms in total. The Morgan fingerprint density at radius 3 is 2.89 bits per heavy atom. The van der Waals surface area contributed by atoms with Crippen LogP contribution in [-0.4, -0.2) is 47.3 Å². The van der Waals surface area contributed by atoms with Gasteiger partial charge < -0.3 is 19.7 Å². The van der Waals surface area contributed by atoms with E-state index < -0.39 is 0 Å². The molecule has 142 valence electrons. The summed E-state index contributed by atoms with van der Waals surface area (Å²) < 4.78 is 13.3. The van der Waals surface area contributed by atoms with Crippen LogP contribution in [0.25, 0.3) is 11.2 Å². The average molecular weight is 368 g/mol. The van der Waals surface area contributed by atoms with Crippen LogP contribution in [0.4, 0.5) is 11.8 Å². The van der Waals surface area contributed by atoms with Gasteiger partial charge in [-0.2, -0.15) is 9.97 Å². The minimum absolute atomic E-state index is 0.0121. The van der Waals surface area contributed by atoms with E-state index in [2.05, 4.69) is 15.3 Å². The van der Waals surface area contributed by atoms with Crippen LogP contribution >= 0.6 is 0 Å². The van der Waals surface area contributed by atoms with Gasteiger partial charge in [-0.1, -0.05) is 18.2 Å². The number of para-hydroxylation sites is 1. The summed E-state index contributed by atoms with van der Waals surface area (Å²) in [6.07, 6.45) is 3.80. The average Bonchev–Trinajstić information content (AvgIpc) is 3.35. The summed E-state index contributed by atoms with van der Waals surface area (Å²) in [6.45, 7) is 1.35. The summed E-state index contributed by atoms with van der Waals surface area (Å²) in [7, 11) is 5.53. The molecule has 3 aromatic rings. The quantitative estimate of drug-likeness (QED) is 0.717. The lowest BCUT2D eigenvalue weighted by atomic mass is 10.2. The van der Waals surface area contributed by atoms with E-state index in [0.29, 0.717) is 18.3 Å². The number of nitrogens with one attached hydrogen (secondary N) is 1. The summed E-state index contributed by atoms with van der Waals surface area (Å²) >= 11 is 0. The molecule has 1 fully saturated rings. The Hall–Kier alpha value is -2.87. The van der Waals surface area contributed by atoms with Crippen molar-refractivity contribution in [2.45, 2.75) is 25.6 Å². The van der Waals surface area contributed by atoms with Crippen LogP contribution in [0.1, 0.15) is 24.6 Å². The van der Waals surface area contributed by atoms with Crippen LogP contribution < -0.4 is 15.0 Å². The first-order valence-electron chi connectivity index (χ1n) is 9.06. The fourth-order valence-electron chi connectivity index (χ4n) is 3.25. The molecule has 2 aromatic heterocycles. The number of imidazole rings is 1. The van der Waals surface area contributed by atoms with Gasteiger partial charge in [-0.05, 0) is 18.9 Å². The van der Waals surface area contributed by atoms with Gasteiger partial charge in [0.05, 0.1) is 13.4 Å². The standard InChI is InChI=1S/C19H24N6O2/c1-24(2)19-22-17(20-11-13-7-4-5-8-14(13)26-3)16-18(23-19)25(12-21-16)15-9-6-10-27-15/h4-5,7-8,12,15H,6,9-11H2,1-3H3,(H,20,22,23). The normalized spacial score (nSPS) is 16.6. The van der Waals surface area contributed by atoms with Crippen molar-refractivity contribution in [1.82, 2.24) is 19.5 Å². The van der Waals surface area contributed by atoms with Crippen molar-refractivity contribution in [3.05, 3.63) is 36.2 Å². The third-order valence-corrected chi connectivity index (χ3v) is 4.66. The van der Waals surface area contributed by atoms with Crippen molar-refractivity contribution in [3.63, 3.8) is 0 Å². The number of ether oxygens (including phenoxy) is 2. The predicted molar refractivity (Wildman–Crippen MR) is 104 cm³/mol. The number of hydrogen-bond donors (Lipinski definition) is 1. The molecular formula is C19H24N6O2. The van der Waals surface area contributed by atoms with Crippen molar-refractivity contribution < 1.29 is 9.47 Å². The third kappa shape index (κ3) is 3.40. The maximum Gasteiger partial charge on any atom is 0.228 e. The zero-order chi connectivity index (χ0) is 18.8. The lowest BCUT2D eigenvalue weighted by molar-refractivity contribution is 0.0593. The molecule has 1 aromatic carbocycles. The highest BCUT2D eigenvalue weighted by atomic mass is 16.5. The fourth-order valence-corrected chi connectivity index (χ4v) is 3.25.